The molecule has 0 spiro atoms. The average Bonchev–Trinajstić information content (AvgIpc) is 2.47. The minimum atomic E-state index is -0.598. The Labute approximate surface area is 137 Å². The molecule has 4 heteroatoms. The third-order valence-electron chi connectivity index (χ3n) is 3.50. The predicted octanol–water partition coefficient (Wildman–Crippen LogP) is 4.04. The lowest BCUT2D eigenvalue weighted by atomic mass is 9.99. The summed E-state index contributed by atoms with van der Waals surface area (Å²) in [6.45, 7) is 5.57. The van der Waals surface area contributed by atoms with Crippen molar-refractivity contribution in [2.45, 2.75) is 32.9 Å². The Morgan fingerprint density at radius 3 is 2.18 bits per heavy atom. The van der Waals surface area contributed by atoms with Crippen LogP contribution in [-0.2, 0) is 9.53 Å². The lowest BCUT2D eigenvalue weighted by Gasteiger charge is -2.16. The van der Waals surface area contributed by atoms with Crippen molar-refractivity contribution in [3.63, 3.8) is 0 Å². The van der Waals surface area contributed by atoms with E-state index in [1.807, 2.05) is 43.3 Å². The Hall–Kier alpha value is -1.84. The van der Waals surface area contributed by atoms with Crippen molar-refractivity contribution in [1.82, 2.24) is 0 Å². The molecule has 0 saturated carbocycles. The van der Waals surface area contributed by atoms with Gasteiger partial charge in [-0.15, -0.1) is 12.4 Å². The number of aryl methyl sites for hydroxylation is 1. The van der Waals surface area contributed by atoms with Crippen LogP contribution in [0.2, 0.25) is 0 Å². The number of esters is 1. The first-order valence-electron chi connectivity index (χ1n) is 7.11. The molecule has 0 saturated heterocycles. The summed E-state index contributed by atoms with van der Waals surface area (Å²) in [5, 5.41) is 0. The van der Waals surface area contributed by atoms with Crippen LogP contribution in [0, 0.1) is 6.92 Å². The minimum Gasteiger partial charge on any atom is -0.457 e. The molecule has 0 aromatic heterocycles. The van der Waals surface area contributed by atoms with Crippen molar-refractivity contribution in [3.05, 3.63) is 59.7 Å². The van der Waals surface area contributed by atoms with Gasteiger partial charge in [0, 0.05) is 0 Å². The summed E-state index contributed by atoms with van der Waals surface area (Å²) in [6.07, 6.45) is -0.297. The Kier molecular flexibility index (Phi) is 6.60. The maximum absolute atomic E-state index is 11.5. The topological polar surface area (TPSA) is 52.3 Å². The number of carbonyl (C=O) groups excluding carboxylic acids is 1. The molecule has 2 unspecified atom stereocenters. The van der Waals surface area contributed by atoms with E-state index in [0.717, 1.165) is 11.1 Å². The summed E-state index contributed by atoms with van der Waals surface area (Å²) in [5.74, 6) is -0.384. The number of benzene rings is 2. The second-order valence-corrected chi connectivity index (χ2v) is 5.30. The molecule has 118 valence electrons. The van der Waals surface area contributed by atoms with Gasteiger partial charge in [0.2, 0.25) is 0 Å². The van der Waals surface area contributed by atoms with Gasteiger partial charge in [-0.25, -0.2) is 0 Å². The van der Waals surface area contributed by atoms with Gasteiger partial charge in [0.15, 0.2) is 0 Å². The highest BCUT2D eigenvalue weighted by Gasteiger charge is 2.15. The maximum atomic E-state index is 11.5. The van der Waals surface area contributed by atoms with Crippen LogP contribution in [0.3, 0.4) is 0 Å². The van der Waals surface area contributed by atoms with Gasteiger partial charge in [-0.2, -0.15) is 0 Å². The molecule has 0 aliphatic rings. The molecular weight excluding hydrogens is 298 g/mol. The quantitative estimate of drug-likeness (QED) is 0.865. The van der Waals surface area contributed by atoms with E-state index < -0.39 is 6.04 Å². The molecule has 0 aliphatic carbocycles. The van der Waals surface area contributed by atoms with Crippen LogP contribution in [0.4, 0.5) is 0 Å². The molecule has 2 rings (SSSR count). The van der Waals surface area contributed by atoms with Gasteiger partial charge in [-0.05, 0) is 43.0 Å². The molecule has 2 N–H and O–H groups in total. The van der Waals surface area contributed by atoms with Crippen molar-refractivity contribution in [3.8, 4) is 11.1 Å². The Balaban J connectivity index is 0.00000242. The van der Waals surface area contributed by atoms with E-state index in [9.17, 15) is 4.79 Å². The number of hydrogen-bond acceptors (Lipinski definition) is 3. The highest BCUT2D eigenvalue weighted by Crippen LogP contribution is 2.25. The van der Waals surface area contributed by atoms with Crippen LogP contribution in [0.5, 0.6) is 0 Å². The number of hydrogen-bond donors (Lipinski definition) is 1. The monoisotopic (exact) mass is 319 g/mol. The Morgan fingerprint density at radius 1 is 1.05 bits per heavy atom. The second-order valence-electron chi connectivity index (χ2n) is 5.30. The van der Waals surface area contributed by atoms with E-state index >= 15 is 0 Å². The third kappa shape index (κ3) is 4.33. The van der Waals surface area contributed by atoms with Gasteiger partial charge in [-0.1, -0.05) is 48.5 Å². The molecule has 2 atom stereocenters. The zero-order valence-electron chi connectivity index (χ0n) is 13.1. The average molecular weight is 320 g/mol. The normalized spacial score (nSPS) is 12.9. The summed E-state index contributed by atoms with van der Waals surface area (Å²) >= 11 is 0. The summed E-state index contributed by atoms with van der Waals surface area (Å²) in [6, 6.07) is 15.7. The molecular formula is C18H22ClNO2. The van der Waals surface area contributed by atoms with Gasteiger partial charge in [0.25, 0.3) is 0 Å². The fourth-order valence-electron chi connectivity index (χ4n) is 2.18. The molecule has 0 radical (unpaired) electrons. The maximum Gasteiger partial charge on any atom is 0.323 e. The fourth-order valence-corrected chi connectivity index (χ4v) is 2.18. The van der Waals surface area contributed by atoms with E-state index in [2.05, 4.69) is 19.1 Å². The Bertz CT molecular complexity index is 623. The zero-order valence-corrected chi connectivity index (χ0v) is 13.9. The molecule has 2 aromatic rings. The first-order valence-corrected chi connectivity index (χ1v) is 7.11. The van der Waals surface area contributed by atoms with E-state index in [0.29, 0.717) is 0 Å². The van der Waals surface area contributed by atoms with Crippen LogP contribution in [0.15, 0.2) is 48.5 Å². The summed E-state index contributed by atoms with van der Waals surface area (Å²) in [4.78, 5) is 11.5. The molecule has 2 aromatic carbocycles. The standard InChI is InChI=1S/C18H21NO2.ClH/c1-12-6-4-5-7-17(12)16-10-8-15(9-11-16)14(3)21-18(20)13(2)19;/h4-11,13-14H,19H2,1-3H3;1H. The number of carbonyl (C=O) groups is 1. The zero-order chi connectivity index (χ0) is 15.4. The van der Waals surface area contributed by atoms with Crippen LogP contribution in [0.25, 0.3) is 11.1 Å². The van der Waals surface area contributed by atoms with Gasteiger partial charge in [-0.3, -0.25) is 4.79 Å². The van der Waals surface area contributed by atoms with Crippen molar-refractivity contribution >= 4 is 18.4 Å². The first-order chi connectivity index (χ1) is 9.99. The fraction of sp³-hybridized carbons (Fsp3) is 0.278. The largest absolute Gasteiger partial charge is 0.457 e. The van der Waals surface area contributed by atoms with Crippen molar-refractivity contribution in [2.24, 2.45) is 5.73 Å². The van der Waals surface area contributed by atoms with Crippen LogP contribution in [0.1, 0.15) is 31.1 Å². The molecule has 0 bridgehead atoms. The number of nitrogens with two attached hydrogens (primary N) is 1. The van der Waals surface area contributed by atoms with Crippen molar-refractivity contribution in [2.75, 3.05) is 0 Å². The summed E-state index contributed by atoms with van der Waals surface area (Å²) < 4.78 is 5.30. The molecule has 0 amide bonds. The summed E-state index contributed by atoms with van der Waals surface area (Å²) in [7, 11) is 0. The Morgan fingerprint density at radius 2 is 1.64 bits per heavy atom. The third-order valence-corrected chi connectivity index (χ3v) is 3.50. The smallest absolute Gasteiger partial charge is 0.323 e. The van der Waals surface area contributed by atoms with E-state index in [4.69, 9.17) is 10.5 Å². The second kappa shape index (κ2) is 7.97. The molecule has 0 fully saturated rings. The van der Waals surface area contributed by atoms with Crippen LogP contribution in [-0.4, -0.2) is 12.0 Å². The molecule has 0 heterocycles. The van der Waals surface area contributed by atoms with E-state index in [1.54, 1.807) is 6.92 Å². The van der Waals surface area contributed by atoms with Crippen LogP contribution >= 0.6 is 12.4 Å². The van der Waals surface area contributed by atoms with Crippen LogP contribution < -0.4 is 5.73 Å². The highest BCUT2D eigenvalue weighted by molar-refractivity contribution is 5.85. The number of ether oxygens (including phenoxy) is 1. The SMILES string of the molecule is Cc1ccccc1-c1ccc(C(C)OC(=O)C(C)N)cc1.Cl. The summed E-state index contributed by atoms with van der Waals surface area (Å²) in [5.41, 5.74) is 10.1. The molecule has 3 nitrogen and oxygen atoms in total. The van der Waals surface area contributed by atoms with Crippen molar-refractivity contribution < 1.29 is 9.53 Å². The molecule has 0 aliphatic heterocycles. The number of halogens is 1. The highest BCUT2D eigenvalue weighted by atomic mass is 35.5. The van der Waals surface area contributed by atoms with E-state index in [-0.39, 0.29) is 24.5 Å². The van der Waals surface area contributed by atoms with Crippen molar-refractivity contribution in [1.29, 1.82) is 0 Å². The lowest BCUT2D eigenvalue weighted by molar-refractivity contribution is -0.149. The first kappa shape index (κ1) is 18.2. The van der Waals surface area contributed by atoms with Gasteiger partial charge in [0.05, 0.1) is 0 Å². The van der Waals surface area contributed by atoms with Gasteiger partial charge < -0.3 is 10.5 Å². The number of rotatable bonds is 4. The lowest BCUT2D eigenvalue weighted by Crippen LogP contribution is -2.29. The minimum absolute atomic E-state index is 0. The predicted molar refractivity (Wildman–Crippen MR) is 92.0 cm³/mol. The van der Waals surface area contributed by atoms with Gasteiger partial charge >= 0.3 is 5.97 Å². The van der Waals surface area contributed by atoms with E-state index in [1.165, 1.54) is 11.1 Å². The van der Waals surface area contributed by atoms with Gasteiger partial charge in [0.1, 0.15) is 12.1 Å². The molecule has 22 heavy (non-hydrogen) atoms.